The minimum atomic E-state index is -1.18. The van der Waals surface area contributed by atoms with Gasteiger partial charge in [-0.2, -0.15) is 0 Å². The summed E-state index contributed by atoms with van der Waals surface area (Å²) in [5, 5.41) is 11.2. The third-order valence-corrected chi connectivity index (χ3v) is 3.37. The van der Waals surface area contributed by atoms with E-state index < -0.39 is 11.9 Å². The summed E-state index contributed by atoms with van der Waals surface area (Å²) in [5.41, 5.74) is -0.430. The zero-order chi connectivity index (χ0) is 13.1. The van der Waals surface area contributed by atoms with Gasteiger partial charge in [-0.15, -0.1) is 0 Å². The van der Waals surface area contributed by atoms with Crippen LogP contribution in [0.4, 0.5) is 0 Å². The van der Waals surface area contributed by atoms with Crippen LogP contribution in [0.1, 0.15) is 12.5 Å². The number of rotatable bonds is 5. The molecule has 1 rings (SSSR count). The molecule has 1 aromatic carbocycles. The number of benzene rings is 1. The van der Waals surface area contributed by atoms with Crippen LogP contribution in [0.15, 0.2) is 18.2 Å². The van der Waals surface area contributed by atoms with E-state index in [2.05, 4.69) is 0 Å². The molecule has 1 atom stereocenters. The Balaban J connectivity index is 2.93. The predicted octanol–water partition coefficient (Wildman–Crippen LogP) is 2.91. The molecule has 17 heavy (non-hydrogen) atoms. The molecule has 3 nitrogen and oxygen atoms in total. The lowest BCUT2D eigenvalue weighted by Crippen LogP contribution is -2.43. The van der Waals surface area contributed by atoms with Gasteiger partial charge in [-0.25, -0.2) is 0 Å². The van der Waals surface area contributed by atoms with Gasteiger partial charge in [0.15, 0.2) is 6.29 Å². The second-order valence-electron chi connectivity index (χ2n) is 4.05. The zero-order valence-corrected chi connectivity index (χ0v) is 11.5. The van der Waals surface area contributed by atoms with E-state index in [1.165, 1.54) is 14.2 Å². The van der Waals surface area contributed by atoms with Crippen molar-refractivity contribution < 1.29 is 14.6 Å². The van der Waals surface area contributed by atoms with Crippen LogP contribution in [0.25, 0.3) is 0 Å². The Hall–Kier alpha value is -0.320. The van der Waals surface area contributed by atoms with Crippen LogP contribution >= 0.6 is 23.2 Å². The van der Waals surface area contributed by atoms with E-state index >= 15 is 0 Å². The second kappa shape index (κ2) is 6.03. The number of aliphatic hydroxyl groups is 1. The van der Waals surface area contributed by atoms with Gasteiger partial charge < -0.3 is 14.6 Å². The normalized spacial score (nSPS) is 15.0. The van der Waals surface area contributed by atoms with Crippen molar-refractivity contribution in [3.8, 4) is 0 Å². The number of methoxy groups -OCH3 is 2. The highest BCUT2D eigenvalue weighted by Crippen LogP contribution is 2.29. The van der Waals surface area contributed by atoms with Crippen LogP contribution in [-0.4, -0.2) is 31.2 Å². The minimum Gasteiger partial charge on any atom is -0.385 e. The van der Waals surface area contributed by atoms with Gasteiger partial charge >= 0.3 is 0 Å². The predicted molar refractivity (Wildman–Crippen MR) is 68.6 cm³/mol. The Morgan fingerprint density at radius 1 is 1.29 bits per heavy atom. The fourth-order valence-electron chi connectivity index (χ4n) is 1.76. The molecular formula is C12H16Cl2O3. The highest BCUT2D eigenvalue weighted by molar-refractivity contribution is 6.42. The van der Waals surface area contributed by atoms with Crippen molar-refractivity contribution in [1.82, 2.24) is 0 Å². The van der Waals surface area contributed by atoms with Gasteiger partial charge in [0.1, 0.15) is 5.60 Å². The number of halogens is 2. The van der Waals surface area contributed by atoms with Gasteiger partial charge in [-0.3, -0.25) is 0 Å². The van der Waals surface area contributed by atoms with Crippen LogP contribution in [0, 0.1) is 0 Å². The molecule has 0 aliphatic carbocycles. The van der Waals surface area contributed by atoms with Crippen molar-refractivity contribution in [1.29, 1.82) is 0 Å². The molecule has 1 aromatic rings. The average Bonchev–Trinajstić information content (AvgIpc) is 2.26. The van der Waals surface area contributed by atoms with Crippen LogP contribution in [0.5, 0.6) is 0 Å². The van der Waals surface area contributed by atoms with Crippen LogP contribution in [0.2, 0.25) is 10.0 Å². The van der Waals surface area contributed by atoms with E-state index in [9.17, 15) is 5.11 Å². The third-order valence-electron chi connectivity index (χ3n) is 2.52. The summed E-state index contributed by atoms with van der Waals surface area (Å²) in [6.07, 6.45) is -0.434. The summed E-state index contributed by atoms with van der Waals surface area (Å²) >= 11 is 12.0. The first-order valence-electron chi connectivity index (χ1n) is 5.13. The fraction of sp³-hybridized carbons (Fsp3) is 0.500. The lowest BCUT2D eigenvalue weighted by Gasteiger charge is -2.30. The topological polar surface area (TPSA) is 38.7 Å². The van der Waals surface area contributed by atoms with Gasteiger partial charge in [0.05, 0.1) is 10.0 Å². The Labute approximate surface area is 111 Å². The first kappa shape index (κ1) is 14.7. The quantitative estimate of drug-likeness (QED) is 0.842. The zero-order valence-electron chi connectivity index (χ0n) is 10.0. The largest absolute Gasteiger partial charge is 0.385 e. The molecular weight excluding hydrogens is 263 g/mol. The molecule has 0 bridgehead atoms. The summed E-state index contributed by atoms with van der Waals surface area (Å²) in [4.78, 5) is 0. The molecule has 0 saturated heterocycles. The molecule has 0 heterocycles. The second-order valence-corrected chi connectivity index (χ2v) is 4.84. The van der Waals surface area contributed by atoms with E-state index in [-0.39, 0.29) is 0 Å². The van der Waals surface area contributed by atoms with E-state index in [1.807, 2.05) is 6.07 Å². The molecule has 96 valence electrons. The highest BCUT2D eigenvalue weighted by Gasteiger charge is 2.33. The molecule has 0 saturated carbocycles. The van der Waals surface area contributed by atoms with Crippen molar-refractivity contribution in [3.63, 3.8) is 0 Å². The van der Waals surface area contributed by atoms with Crippen molar-refractivity contribution >= 4 is 23.2 Å². The van der Waals surface area contributed by atoms with E-state index in [1.54, 1.807) is 19.1 Å². The fourth-order valence-corrected chi connectivity index (χ4v) is 2.14. The van der Waals surface area contributed by atoms with E-state index in [0.717, 1.165) is 5.56 Å². The van der Waals surface area contributed by atoms with Crippen LogP contribution < -0.4 is 0 Å². The first-order chi connectivity index (χ1) is 7.92. The van der Waals surface area contributed by atoms with Crippen molar-refractivity contribution in [2.24, 2.45) is 0 Å². The molecule has 0 aliphatic heterocycles. The van der Waals surface area contributed by atoms with E-state index in [0.29, 0.717) is 16.5 Å². The highest BCUT2D eigenvalue weighted by atomic mass is 35.5. The number of ether oxygens (including phenoxy) is 2. The van der Waals surface area contributed by atoms with Gasteiger partial charge in [-0.05, 0) is 18.6 Å². The Bertz CT molecular complexity index is 376. The Morgan fingerprint density at radius 2 is 1.88 bits per heavy atom. The van der Waals surface area contributed by atoms with Crippen LogP contribution in [-0.2, 0) is 15.9 Å². The van der Waals surface area contributed by atoms with Gasteiger partial charge in [0.25, 0.3) is 0 Å². The minimum absolute atomic E-state index is 0.290. The smallest absolute Gasteiger partial charge is 0.185 e. The maximum absolute atomic E-state index is 10.3. The average molecular weight is 279 g/mol. The molecule has 0 fully saturated rings. The molecule has 5 heteroatoms. The molecule has 0 amide bonds. The van der Waals surface area contributed by atoms with Gasteiger partial charge in [0.2, 0.25) is 0 Å². The summed E-state index contributed by atoms with van der Waals surface area (Å²) in [5.74, 6) is 0. The number of hydrogen-bond acceptors (Lipinski definition) is 3. The maximum Gasteiger partial charge on any atom is 0.185 e. The van der Waals surface area contributed by atoms with Crippen LogP contribution in [0.3, 0.4) is 0 Å². The van der Waals surface area contributed by atoms with Gasteiger partial charge in [-0.1, -0.05) is 35.3 Å². The van der Waals surface area contributed by atoms with Crippen molar-refractivity contribution in [2.45, 2.75) is 25.2 Å². The lowest BCUT2D eigenvalue weighted by atomic mass is 9.96. The summed E-state index contributed by atoms with van der Waals surface area (Å²) in [6.45, 7) is 1.63. The van der Waals surface area contributed by atoms with Crippen molar-refractivity contribution in [3.05, 3.63) is 33.8 Å². The summed E-state index contributed by atoms with van der Waals surface area (Å²) < 4.78 is 10.1. The molecule has 0 spiro atoms. The van der Waals surface area contributed by atoms with Gasteiger partial charge in [0, 0.05) is 20.6 Å². The standard InChI is InChI=1S/C12H16Cl2O3/c1-12(15,11(16-2)17-3)7-8-5-4-6-9(13)10(8)14/h4-6,11,15H,7H2,1-3H3. The maximum atomic E-state index is 10.3. The lowest BCUT2D eigenvalue weighted by molar-refractivity contribution is -0.207. The monoisotopic (exact) mass is 278 g/mol. The Kier molecular flexibility index (Phi) is 5.22. The van der Waals surface area contributed by atoms with Crippen molar-refractivity contribution in [2.75, 3.05) is 14.2 Å². The molecule has 0 aliphatic rings. The number of hydrogen-bond donors (Lipinski definition) is 1. The molecule has 1 unspecified atom stereocenters. The SMILES string of the molecule is COC(OC)C(C)(O)Cc1cccc(Cl)c1Cl. The summed E-state index contributed by atoms with van der Waals surface area (Å²) in [7, 11) is 2.95. The molecule has 1 N–H and O–H groups in total. The molecule has 0 aromatic heterocycles. The first-order valence-corrected chi connectivity index (χ1v) is 5.89. The molecule has 0 radical (unpaired) electrons. The van der Waals surface area contributed by atoms with E-state index in [4.69, 9.17) is 32.7 Å². The summed E-state index contributed by atoms with van der Waals surface area (Å²) in [6, 6.07) is 5.30. The Morgan fingerprint density at radius 3 is 2.41 bits per heavy atom. The third kappa shape index (κ3) is 3.57.